The van der Waals surface area contributed by atoms with Crippen LogP contribution in [0.15, 0.2) is 72.4 Å². The number of ketones is 1. The van der Waals surface area contributed by atoms with Gasteiger partial charge in [0.15, 0.2) is 5.78 Å². The minimum Gasteiger partial charge on any atom is -0.366 e. The van der Waals surface area contributed by atoms with E-state index in [-0.39, 0.29) is 11.3 Å². The van der Waals surface area contributed by atoms with Gasteiger partial charge in [0.2, 0.25) is 10.0 Å². The Morgan fingerprint density at radius 2 is 1.72 bits per heavy atom. The molecule has 3 atom stereocenters. The number of alkyl halides is 2. The number of benzene rings is 2. The van der Waals surface area contributed by atoms with Gasteiger partial charge in [-0.25, -0.2) is 13.1 Å². The number of nitrogens with one attached hydrogen (secondary N) is 2. The third-order valence-electron chi connectivity index (χ3n) is 7.38. The molecule has 43 heavy (non-hydrogen) atoms. The first-order chi connectivity index (χ1) is 20.5. The molecule has 2 aliphatic rings. The van der Waals surface area contributed by atoms with E-state index >= 15 is 0 Å². The van der Waals surface area contributed by atoms with Crippen molar-refractivity contribution in [2.75, 3.05) is 13.2 Å². The Morgan fingerprint density at radius 1 is 1.00 bits per heavy atom. The molecule has 2 heterocycles. The van der Waals surface area contributed by atoms with Crippen molar-refractivity contribution in [2.45, 2.75) is 50.8 Å². The number of rotatable bonds is 10. The maximum atomic E-state index is 14.6. The lowest BCUT2D eigenvalue weighted by molar-refractivity contribution is -0.144. The molecule has 0 fully saturated rings. The van der Waals surface area contributed by atoms with Crippen LogP contribution in [0.1, 0.15) is 59.5 Å². The average Bonchev–Trinajstić information content (AvgIpc) is 3.34. The Morgan fingerprint density at radius 3 is 2.40 bits per heavy atom. The third-order valence-corrected chi connectivity index (χ3v) is 8.59. The molecule has 0 bridgehead atoms. The average molecular weight is 612 g/mol. The number of sulfonamides is 1. The van der Waals surface area contributed by atoms with E-state index in [0.717, 1.165) is 12.1 Å². The maximum Gasteiger partial charge on any atom is 0.350 e. The number of hydrogen-bond acceptors (Lipinski definition) is 8. The molecule has 0 spiro atoms. The van der Waals surface area contributed by atoms with Crippen LogP contribution in [-0.2, 0) is 40.8 Å². The van der Waals surface area contributed by atoms with Gasteiger partial charge >= 0.3 is 11.8 Å². The summed E-state index contributed by atoms with van der Waals surface area (Å²) < 4.78 is 68.0. The van der Waals surface area contributed by atoms with Crippen LogP contribution in [0.25, 0.3) is 5.57 Å². The molecular weight excluding hydrogens is 580 g/mol. The summed E-state index contributed by atoms with van der Waals surface area (Å²) in [5.41, 5.74) is 3.37. The van der Waals surface area contributed by atoms with Crippen LogP contribution in [0.3, 0.4) is 0 Å². The van der Waals surface area contributed by atoms with Crippen molar-refractivity contribution in [3.63, 3.8) is 0 Å². The van der Waals surface area contributed by atoms with Gasteiger partial charge in [0.05, 0.1) is 17.5 Å². The lowest BCUT2D eigenvalue weighted by atomic mass is 9.82. The van der Waals surface area contributed by atoms with Crippen molar-refractivity contribution in [1.82, 2.24) is 15.0 Å². The maximum absolute atomic E-state index is 14.6. The molecule has 0 saturated heterocycles. The number of aryl methyl sites for hydroxylation is 1. The summed E-state index contributed by atoms with van der Waals surface area (Å²) in [5, 5.41) is 3.38. The Labute approximate surface area is 248 Å². The van der Waals surface area contributed by atoms with Gasteiger partial charge in [-0.1, -0.05) is 54.6 Å². The number of Topliss-reactive ketones (excluding diaryl/α,β-unsaturated/α-hetero) is 1. The van der Waals surface area contributed by atoms with E-state index < -0.39 is 51.5 Å². The molecule has 1 aliphatic heterocycles. The number of amides is 1. The second-order valence-corrected chi connectivity index (χ2v) is 11.9. The molecule has 3 unspecified atom stereocenters. The zero-order chi connectivity index (χ0) is 30.9. The Kier molecular flexibility index (Phi) is 8.57. The van der Waals surface area contributed by atoms with E-state index in [1.165, 1.54) is 29.0 Å². The summed E-state index contributed by atoms with van der Waals surface area (Å²) in [5.74, 6) is -6.90. The van der Waals surface area contributed by atoms with Crippen LogP contribution in [0, 0.1) is 6.92 Å². The van der Waals surface area contributed by atoms with Crippen molar-refractivity contribution in [3.8, 4) is 0 Å². The molecule has 0 saturated carbocycles. The fraction of sp³-hybridized carbons (Fsp3) is 0.323. The Bertz CT molecular complexity index is 1690. The second-order valence-electron chi connectivity index (χ2n) is 10.2. The predicted octanol–water partition coefficient (Wildman–Crippen LogP) is 4.25. The number of hydrogen-bond donors (Lipinski definition) is 2. The Balaban J connectivity index is 1.43. The molecule has 3 aromatic rings. The molecule has 9 nitrogen and oxygen atoms in total. The van der Waals surface area contributed by atoms with Gasteiger partial charge in [-0.05, 0) is 43.5 Å². The summed E-state index contributed by atoms with van der Waals surface area (Å²) >= 11 is 0. The lowest BCUT2D eigenvalue weighted by Gasteiger charge is -2.27. The fourth-order valence-corrected chi connectivity index (χ4v) is 6.65. The smallest absolute Gasteiger partial charge is 0.350 e. The fourth-order valence-electron chi connectivity index (χ4n) is 5.54. The highest BCUT2D eigenvalue weighted by atomic mass is 32.2. The van der Waals surface area contributed by atoms with Gasteiger partial charge in [0, 0.05) is 41.7 Å². The highest BCUT2D eigenvalue weighted by Gasteiger charge is 2.47. The predicted molar refractivity (Wildman–Crippen MR) is 154 cm³/mol. The zero-order valence-electron chi connectivity index (χ0n) is 23.8. The molecule has 226 valence electrons. The van der Waals surface area contributed by atoms with Gasteiger partial charge in [0.1, 0.15) is 12.3 Å². The van der Waals surface area contributed by atoms with Crippen molar-refractivity contribution in [1.29, 1.82) is 0 Å². The van der Waals surface area contributed by atoms with Gasteiger partial charge < -0.3 is 9.47 Å². The van der Waals surface area contributed by atoms with Gasteiger partial charge in [0.25, 0.3) is 0 Å². The van der Waals surface area contributed by atoms with Gasteiger partial charge in [-0.2, -0.15) is 8.78 Å². The summed E-state index contributed by atoms with van der Waals surface area (Å²) in [6.45, 7) is 6.09. The zero-order valence-corrected chi connectivity index (χ0v) is 24.6. The van der Waals surface area contributed by atoms with E-state index in [9.17, 15) is 26.8 Å². The van der Waals surface area contributed by atoms with Crippen LogP contribution in [-0.4, -0.2) is 44.5 Å². The van der Waals surface area contributed by atoms with Crippen molar-refractivity contribution in [2.24, 2.45) is 0 Å². The molecule has 12 heteroatoms. The quantitative estimate of drug-likeness (QED) is 0.349. The Hall–Kier alpha value is -3.84. The molecule has 5 rings (SSSR count). The number of halogens is 2. The van der Waals surface area contributed by atoms with Crippen LogP contribution in [0.5, 0.6) is 0 Å². The largest absolute Gasteiger partial charge is 0.366 e. The minimum absolute atomic E-state index is 0.217. The molecule has 1 aliphatic carbocycles. The van der Waals surface area contributed by atoms with E-state index in [1.807, 2.05) is 19.9 Å². The second kappa shape index (κ2) is 12.0. The van der Waals surface area contributed by atoms with Gasteiger partial charge in [-0.15, -0.1) is 0 Å². The number of carbonyl (C=O) groups excluding carboxylic acids is 2. The standard InChI is InChI=1S/C31H31F2N3O6S/c1-4-41-28-22-12-9-15-34-25(22)24-23(27(28)37)26(35-29(24)42-5-2)21-14-13-19(16-18(21)3)17-43(39,40)36-30(38)31(32,33)20-10-7-6-8-11-20/h6-16,26,28-29,35H,4-5,17H2,1-3H3,(H,36,38). The number of fused-ring (bicyclic) bond motifs is 2. The molecule has 2 N–H and O–H groups in total. The van der Waals surface area contributed by atoms with Crippen molar-refractivity contribution in [3.05, 3.63) is 106 Å². The van der Waals surface area contributed by atoms with E-state index in [2.05, 4.69) is 10.3 Å². The van der Waals surface area contributed by atoms with Crippen LogP contribution >= 0.6 is 0 Å². The van der Waals surface area contributed by atoms with E-state index in [0.29, 0.717) is 46.7 Å². The monoisotopic (exact) mass is 611 g/mol. The number of carbonyl (C=O) groups is 2. The SMILES string of the molecule is CCOC1NC(c2ccc(CS(=O)(=O)NC(=O)C(F)(F)c3ccccc3)cc2C)C2=C1c1ncccc1C(OCC)C2=O. The van der Waals surface area contributed by atoms with Gasteiger partial charge in [-0.3, -0.25) is 19.9 Å². The molecule has 1 amide bonds. The first kappa shape index (κ1) is 30.6. The highest BCUT2D eigenvalue weighted by molar-refractivity contribution is 7.89. The first-order valence-corrected chi connectivity index (χ1v) is 15.4. The van der Waals surface area contributed by atoms with E-state index in [4.69, 9.17) is 9.47 Å². The summed E-state index contributed by atoms with van der Waals surface area (Å²) in [4.78, 5) is 30.7. The summed E-state index contributed by atoms with van der Waals surface area (Å²) in [7, 11) is -4.47. The summed E-state index contributed by atoms with van der Waals surface area (Å²) in [6, 6.07) is 14.0. The molecule has 1 aromatic heterocycles. The van der Waals surface area contributed by atoms with Crippen LogP contribution < -0.4 is 10.0 Å². The number of pyridine rings is 1. The molecular formula is C31H31F2N3O6S. The number of nitrogens with zero attached hydrogens (tertiary/aromatic N) is 1. The highest BCUT2D eigenvalue weighted by Crippen LogP contribution is 2.47. The first-order valence-electron chi connectivity index (χ1n) is 13.8. The van der Waals surface area contributed by atoms with Crippen LogP contribution in [0.4, 0.5) is 8.78 Å². The summed E-state index contributed by atoms with van der Waals surface area (Å²) in [6.07, 6.45) is 0.193. The number of ether oxygens (including phenoxy) is 2. The van der Waals surface area contributed by atoms with Crippen molar-refractivity contribution >= 4 is 27.3 Å². The molecule has 2 aromatic carbocycles. The van der Waals surface area contributed by atoms with Crippen LogP contribution in [0.2, 0.25) is 0 Å². The number of aromatic nitrogens is 1. The topological polar surface area (TPSA) is 124 Å². The van der Waals surface area contributed by atoms with Crippen molar-refractivity contribution < 1.29 is 36.3 Å². The molecule has 0 radical (unpaired) electrons. The third kappa shape index (κ3) is 5.87. The minimum atomic E-state index is -4.47. The normalized spacial score (nSPS) is 20.1. The van der Waals surface area contributed by atoms with E-state index in [1.54, 1.807) is 31.3 Å². The lowest BCUT2D eigenvalue weighted by Crippen LogP contribution is -2.42.